The average Bonchev–Trinajstić information content (AvgIpc) is 2.37. The average molecular weight is 280 g/mol. The lowest BCUT2D eigenvalue weighted by Crippen LogP contribution is -2.19. The molecule has 0 saturated heterocycles. The van der Waals surface area contributed by atoms with E-state index in [1.54, 1.807) is 18.2 Å². The largest absolute Gasteiger partial charge is 0.296 e. The molecule has 0 radical (unpaired) electrons. The van der Waals surface area contributed by atoms with Gasteiger partial charge in [-0.05, 0) is 37.5 Å². The summed E-state index contributed by atoms with van der Waals surface area (Å²) < 4.78 is 28.9. The highest BCUT2D eigenvalue weighted by Crippen LogP contribution is 2.19. The normalized spacial score (nSPS) is 19.6. The zero-order chi connectivity index (χ0) is 13.9. The molecule has 0 heterocycles. The van der Waals surface area contributed by atoms with E-state index in [0.717, 1.165) is 5.56 Å². The SMILES string of the molecule is Cc1ccc(S(=O)(=O)OCC2CC=CC(=O)C2)cc1. The van der Waals surface area contributed by atoms with Crippen LogP contribution in [0.5, 0.6) is 0 Å². The van der Waals surface area contributed by atoms with Crippen molar-refractivity contribution in [3.63, 3.8) is 0 Å². The maximum absolute atomic E-state index is 11.9. The molecular weight excluding hydrogens is 264 g/mol. The van der Waals surface area contributed by atoms with E-state index in [2.05, 4.69) is 0 Å². The third kappa shape index (κ3) is 3.75. The summed E-state index contributed by atoms with van der Waals surface area (Å²) in [5.74, 6) is -0.0368. The first-order valence-electron chi connectivity index (χ1n) is 6.13. The molecule has 4 nitrogen and oxygen atoms in total. The van der Waals surface area contributed by atoms with Crippen LogP contribution in [0.15, 0.2) is 41.3 Å². The van der Waals surface area contributed by atoms with Crippen molar-refractivity contribution in [2.45, 2.75) is 24.7 Å². The zero-order valence-electron chi connectivity index (χ0n) is 10.7. The Hall–Kier alpha value is -1.46. The monoisotopic (exact) mass is 280 g/mol. The third-order valence-corrected chi connectivity index (χ3v) is 4.33. The van der Waals surface area contributed by atoms with Crippen molar-refractivity contribution in [3.8, 4) is 0 Å². The van der Waals surface area contributed by atoms with Crippen molar-refractivity contribution < 1.29 is 17.4 Å². The number of allylic oxidation sites excluding steroid dienone is 2. The second kappa shape index (κ2) is 5.67. The number of ketones is 1. The van der Waals surface area contributed by atoms with Gasteiger partial charge in [0.2, 0.25) is 0 Å². The van der Waals surface area contributed by atoms with Gasteiger partial charge in [0.05, 0.1) is 11.5 Å². The topological polar surface area (TPSA) is 60.4 Å². The number of carbonyl (C=O) groups excluding carboxylic acids is 1. The Kier molecular flexibility index (Phi) is 4.17. The quantitative estimate of drug-likeness (QED) is 0.794. The molecule has 1 aromatic carbocycles. The van der Waals surface area contributed by atoms with Gasteiger partial charge in [0.1, 0.15) is 0 Å². The number of carbonyl (C=O) groups is 1. The van der Waals surface area contributed by atoms with Crippen LogP contribution >= 0.6 is 0 Å². The van der Waals surface area contributed by atoms with Gasteiger partial charge in [-0.25, -0.2) is 0 Å². The summed E-state index contributed by atoms with van der Waals surface area (Å²) in [6.07, 6.45) is 4.32. The molecule has 19 heavy (non-hydrogen) atoms. The van der Waals surface area contributed by atoms with Crippen molar-refractivity contribution in [2.75, 3.05) is 6.61 Å². The third-order valence-electron chi connectivity index (χ3n) is 3.03. The summed E-state index contributed by atoms with van der Waals surface area (Å²) >= 11 is 0. The fourth-order valence-corrected chi connectivity index (χ4v) is 2.89. The summed E-state index contributed by atoms with van der Waals surface area (Å²) in [7, 11) is -3.73. The van der Waals surface area contributed by atoms with Gasteiger partial charge in [0.25, 0.3) is 10.1 Å². The summed E-state index contributed by atoms with van der Waals surface area (Å²) in [6, 6.07) is 6.50. The van der Waals surface area contributed by atoms with Crippen LogP contribution < -0.4 is 0 Å². The Morgan fingerprint density at radius 1 is 1.26 bits per heavy atom. The van der Waals surface area contributed by atoms with Gasteiger partial charge in [-0.3, -0.25) is 8.98 Å². The highest BCUT2D eigenvalue weighted by Gasteiger charge is 2.21. The molecule has 1 unspecified atom stereocenters. The van der Waals surface area contributed by atoms with E-state index in [4.69, 9.17) is 4.18 Å². The van der Waals surface area contributed by atoms with Gasteiger partial charge < -0.3 is 0 Å². The van der Waals surface area contributed by atoms with E-state index in [1.807, 2.05) is 6.92 Å². The molecule has 0 fully saturated rings. The molecule has 0 saturated carbocycles. The molecule has 1 aromatic rings. The molecule has 1 aliphatic carbocycles. The van der Waals surface area contributed by atoms with Crippen LogP contribution in [0, 0.1) is 12.8 Å². The molecule has 1 atom stereocenters. The van der Waals surface area contributed by atoms with Gasteiger partial charge >= 0.3 is 0 Å². The van der Waals surface area contributed by atoms with Crippen molar-refractivity contribution in [2.24, 2.45) is 5.92 Å². The van der Waals surface area contributed by atoms with Crippen LogP contribution in [-0.2, 0) is 19.1 Å². The number of hydrogen-bond acceptors (Lipinski definition) is 4. The smallest absolute Gasteiger partial charge is 0.295 e. The number of aryl methyl sites for hydroxylation is 1. The van der Waals surface area contributed by atoms with E-state index in [1.165, 1.54) is 18.2 Å². The maximum atomic E-state index is 11.9. The van der Waals surface area contributed by atoms with Gasteiger partial charge in [-0.2, -0.15) is 8.42 Å². The van der Waals surface area contributed by atoms with Gasteiger partial charge in [0, 0.05) is 6.42 Å². The minimum atomic E-state index is -3.73. The van der Waals surface area contributed by atoms with Gasteiger partial charge in [-0.1, -0.05) is 23.8 Å². The maximum Gasteiger partial charge on any atom is 0.296 e. The zero-order valence-corrected chi connectivity index (χ0v) is 11.5. The summed E-state index contributed by atoms with van der Waals surface area (Å²) in [4.78, 5) is 11.4. The first-order valence-corrected chi connectivity index (χ1v) is 7.54. The van der Waals surface area contributed by atoms with Crippen LogP contribution in [-0.4, -0.2) is 20.8 Å². The molecule has 5 heteroatoms. The van der Waals surface area contributed by atoms with Crippen molar-refractivity contribution in [3.05, 3.63) is 42.0 Å². The van der Waals surface area contributed by atoms with Crippen LogP contribution in [0.2, 0.25) is 0 Å². The Morgan fingerprint density at radius 3 is 2.58 bits per heavy atom. The lowest BCUT2D eigenvalue weighted by Gasteiger charge is -2.16. The Balaban J connectivity index is 2.00. The fraction of sp³-hybridized carbons (Fsp3) is 0.357. The van der Waals surface area contributed by atoms with E-state index >= 15 is 0 Å². The molecule has 1 aliphatic rings. The van der Waals surface area contributed by atoms with E-state index in [-0.39, 0.29) is 23.2 Å². The van der Waals surface area contributed by atoms with Crippen LogP contribution in [0.3, 0.4) is 0 Å². The predicted octanol–water partition coefficient (Wildman–Crippen LogP) is 2.24. The molecule has 0 aliphatic heterocycles. The van der Waals surface area contributed by atoms with E-state index in [9.17, 15) is 13.2 Å². The first kappa shape index (κ1) is 14.0. The molecule has 0 bridgehead atoms. The number of rotatable bonds is 4. The minimum absolute atomic E-state index is 0.0209. The highest BCUT2D eigenvalue weighted by atomic mass is 32.2. The lowest BCUT2D eigenvalue weighted by atomic mass is 9.95. The minimum Gasteiger partial charge on any atom is -0.295 e. The first-order chi connectivity index (χ1) is 8.97. The molecule has 2 rings (SSSR count). The standard InChI is InChI=1S/C14H16O4S/c1-11-5-7-14(8-6-11)19(16,17)18-10-12-3-2-4-13(15)9-12/h2,4-8,12H,3,9-10H2,1H3. The van der Waals surface area contributed by atoms with Crippen molar-refractivity contribution >= 4 is 15.9 Å². The van der Waals surface area contributed by atoms with Crippen molar-refractivity contribution in [1.82, 2.24) is 0 Å². The second-order valence-electron chi connectivity index (χ2n) is 4.73. The number of benzene rings is 1. The number of hydrogen-bond donors (Lipinski definition) is 0. The molecule has 0 aromatic heterocycles. The highest BCUT2D eigenvalue weighted by molar-refractivity contribution is 7.86. The second-order valence-corrected chi connectivity index (χ2v) is 6.34. The van der Waals surface area contributed by atoms with Crippen LogP contribution in [0.1, 0.15) is 18.4 Å². The van der Waals surface area contributed by atoms with Gasteiger partial charge in [-0.15, -0.1) is 0 Å². The van der Waals surface area contributed by atoms with Crippen LogP contribution in [0.4, 0.5) is 0 Å². The van der Waals surface area contributed by atoms with Gasteiger partial charge in [0.15, 0.2) is 5.78 Å². The fourth-order valence-electron chi connectivity index (χ4n) is 1.91. The van der Waals surface area contributed by atoms with Crippen molar-refractivity contribution in [1.29, 1.82) is 0 Å². The molecular formula is C14H16O4S. The summed E-state index contributed by atoms with van der Waals surface area (Å²) in [6.45, 7) is 1.93. The molecule has 102 valence electrons. The predicted molar refractivity (Wildman–Crippen MR) is 71.2 cm³/mol. The Morgan fingerprint density at radius 2 is 1.95 bits per heavy atom. The lowest BCUT2D eigenvalue weighted by molar-refractivity contribution is -0.116. The molecule has 0 N–H and O–H groups in total. The Labute approximate surface area is 113 Å². The molecule has 0 spiro atoms. The summed E-state index contributed by atoms with van der Waals surface area (Å²) in [5, 5.41) is 0. The van der Waals surface area contributed by atoms with E-state index in [0.29, 0.717) is 12.8 Å². The molecule has 0 amide bonds. The van der Waals surface area contributed by atoms with Crippen LogP contribution in [0.25, 0.3) is 0 Å². The Bertz CT molecular complexity index is 584. The van der Waals surface area contributed by atoms with E-state index < -0.39 is 10.1 Å². The summed E-state index contributed by atoms with van der Waals surface area (Å²) in [5.41, 5.74) is 0.988.